The number of esters is 1. The molecule has 188 valence electrons. The van der Waals surface area contributed by atoms with E-state index in [0.717, 1.165) is 60.1 Å². The van der Waals surface area contributed by atoms with Gasteiger partial charge in [0, 0.05) is 31.1 Å². The Bertz CT molecular complexity index is 1170. The van der Waals surface area contributed by atoms with Gasteiger partial charge in [-0.3, -0.25) is 9.80 Å². The van der Waals surface area contributed by atoms with E-state index in [9.17, 15) is 9.18 Å². The maximum absolute atomic E-state index is 13.5. The number of ether oxygens (including phenoxy) is 1. The molecule has 7 nitrogen and oxygen atoms in total. The number of hydrogen-bond donors (Lipinski definition) is 0. The Morgan fingerprint density at radius 2 is 1.77 bits per heavy atom. The molecule has 1 unspecified atom stereocenters. The highest BCUT2D eigenvalue weighted by atomic mass is 32.1. The summed E-state index contributed by atoms with van der Waals surface area (Å²) in [7, 11) is 1.39. The fraction of sp³-hybridized carbons (Fsp3) is 0.500. The number of rotatable bonds is 8. The molecule has 0 amide bonds. The SMILES string of the molecule is CCN(CC)Cc1nc(N2CCN(C(C(=O)OC)c3ccc(F)cc3)CC2)c2c(C)c(C)sc2n1. The first kappa shape index (κ1) is 25.5. The number of aromatic nitrogens is 2. The first-order chi connectivity index (χ1) is 16.9. The monoisotopic (exact) mass is 499 g/mol. The van der Waals surface area contributed by atoms with E-state index in [1.807, 2.05) is 0 Å². The highest BCUT2D eigenvalue weighted by Gasteiger charge is 2.32. The highest BCUT2D eigenvalue weighted by Crippen LogP contribution is 2.36. The molecule has 0 spiro atoms. The number of methoxy groups -OCH3 is 1. The van der Waals surface area contributed by atoms with E-state index in [2.05, 4.69) is 42.4 Å². The topological polar surface area (TPSA) is 61.8 Å². The molecule has 2 aromatic heterocycles. The third kappa shape index (κ3) is 5.32. The molecule has 35 heavy (non-hydrogen) atoms. The van der Waals surface area contributed by atoms with E-state index in [-0.39, 0.29) is 11.8 Å². The molecule has 0 saturated carbocycles. The van der Waals surface area contributed by atoms with Crippen LogP contribution in [0.1, 0.15) is 41.7 Å². The molecule has 4 rings (SSSR count). The lowest BCUT2D eigenvalue weighted by atomic mass is 10.0. The number of fused-ring (bicyclic) bond motifs is 1. The lowest BCUT2D eigenvalue weighted by molar-refractivity contribution is -0.147. The third-order valence-electron chi connectivity index (χ3n) is 6.90. The molecular weight excluding hydrogens is 465 g/mol. The van der Waals surface area contributed by atoms with Gasteiger partial charge in [-0.15, -0.1) is 11.3 Å². The molecule has 1 aliphatic rings. The highest BCUT2D eigenvalue weighted by molar-refractivity contribution is 7.18. The summed E-state index contributed by atoms with van der Waals surface area (Å²) >= 11 is 1.73. The third-order valence-corrected chi connectivity index (χ3v) is 8.01. The van der Waals surface area contributed by atoms with Gasteiger partial charge in [0.1, 0.15) is 28.3 Å². The number of nitrogens with zero attached hydrogens (tertiary/aromatic N) is 5. The van der Waals surface area contributed by atoms with Crippen LogP contribution < -0.4 is 4.90 Å². The van der Waals surface area contributed by atoms with Crippen molar-refractivity contribution in [2.45, 2.75) is 40.3 Å². The zero-order chi connectivity index (χ0) is 25.1. The van der Waals surface area contributed by atoms with Crippen LogP contribution >= 0.6 is 11.3 Å². The Labute approximate surface area is 210 Å². The minimum absolute atomic E-state index is 0.322. The van der Waals surface area contributed by atoms with Gasteiger partial charge in [0.05, 0.1) is 19.0 Å². The summed E-state index contributed by atoms with van der Waals surface area (Å²) in [6, 6.07) is 5.54. The second-order valence-electron chi connectivity index (χ2n) is 8.89. The number of hydrogen-bond acceptors (Lipinski definition) is 8. The van der Waals surface area contributed by atoms with Gasteiger partial charge in [0.15, 0.2) is 0 Å². The number of thiophene rings is 1. The van der Waals surface area contributed by atoms with E-state index < -0.39 is 6.04 Å². The molecule has 3 aromatic rings. The Hall–Kier alpha value is -2.62. The minimum Gasteiger partial charge on any atom is -0.468 e. The lowest BCUT2D eigenvalue weighted by Gasteiger charge is -2.39. The molecule has 1 aromatic carbocycles. The van der Waals surface area contributed by atoms with Crippen LogP contribution in [0.3, 0.4) is 0 Å². The first-order valence-corrected chi connectivity index (χ1v) is 13.0. The van der Waals surface area contributed by atoms with Crippen LogP contribution in [0.5, 0.6) is 0 Å². The summed E-state index contributed by atoms with van der Waals surface area (Å²) in [6.07, 6.45) is 0. The Kier molecular flexibility index (Phi) is 7.98. The van der Waals surface area contributed by atoms with E-state index in [1.54, 1.807) is 23.5 Å². The Morgan fingerprint density at radius 1 is 1.11 bits per heavy atom. The van der Waals surface area contributed by atoms with Crippen LogP contribution in [0.25, 0.3) is 10.2 Å². The lowest BCUT2D eigenvalue weighted by Crippen LogP contribution is -2.49. The molecule has 0 bridgehead atoms. The van der Waals surface area contributed by atoms with Gasteiger partial charge in [-0.05, 0) is 50.2 Å². The van der Waals surface area contributed by atoms with Crippen LogP contribution in [-0.4, -0.2) is 72.1 Å². The van der Waals surface area contributed by atoms with Crippen molar-refractivity contribution in [2.75, 3.05) is 51.3 Å². The van der Waals surface area contributed by atoms with Gasteiger partial charge in [-0.1, -0.05) is 26.0 Å². The first-order valence-electron chi connectivity index (χ1n) is 12.2. The smallest absolute Gasteiger partial charge is 0.327 e. The van der Waals surface area contributed by atoms with Crippen LogP contribution in [-0.2, 0) is 16.1 Å². The van der Waals surface area contributed by atoms with E-state index >= 15 is 0 Å². The number of benzene rings is 1. The zero-order valence-electron chi connectivity index (χ0n) is 21.2. The molecule has 0 aliphatic carbocycles. The van der Waals surface area contributed by atoms with Crippen LogP contribution in [0.2, 0.25) is 0 Å². The van der Waals surface area contributed by atoms with E-state index in [1.165, 1.54) is 29.7 Å². The number of carbonyl (C=O) groups excluding carboxylic acids is 1. The molecule has 3 heterocycles. The van der Waals surface area contributed by atoms with E-state index in [0.29, 0.717) is 13.1 Å². The molecule has 1 fully saturated rings. The number of halogens is 1. The van der Waals surface area contributed by atoms with Crippen LogP contribution in [0.15, 0.2) is 24.3 Å². The van der Waals surface area contributed by atoms with Crippen molar-refractivity contribution >= 4 is 33.3 Å². The normalized spacial score (nSPS) is 15.7. The Balaban J connectivity index is 1.61. The van der Waals surface area contributed by atoms with E-state index in [4.69, 9.17) is 14.7 Å². The summed E-state index contributed by atoms with van der Waals surface area (Å²) in [6.45, 7) is 14.0. The van der Waals surface area contributed by atoms with Crippen molar-refractivity contribution in [2.24, 2.45) is 0 Å². The summed E-state index contributed by atoms with van der Waals surface area (Å²) in [5.41, 5.74) is 1.97. The molecule has 9 heteroatoms. The zero-order valence-corrected chi connectivity index (χ0v) is 22.0. The van der Waals surface area contributed by atoms with Crippen LogP contribution in [0.4, 0.5) is 10.2 Å². The molecular formula is C26H34FN5O2S. The molecule has 1 aliphatic heterocycles. The van der Waals surface area contributed by atoms with Crippen molar-refractivity contribution < 1.29 is 13.9 Å². The summed E-state index contributed by atoms with van der Waals surface area (Å²) in [4.78, 5) is 31.7. The second-order valence-corrected chi connectivity index (χ2v) is 10.1. The Morgan fingerprint density at radius 3 is 2.37 bits per heavy atom. The number of aryl methyl sites for hydroxylation is 2. The van der Waals surface area contributed by atoms with Gasteiger partial charge >= 0.3 is 5.97 Å². The summed E-state index contributed by atoms with van der Waals surface area (Å²) < 4.78 is 18.6. The fourth-order valence-corrected chi connectivity index (χ4v) is 5.71. The molecule has 1 saturated heterocycles. The van der Waals surface area contributed by atoms with Crippen LogP contribution in [0, 0.1) is 19.7 Å². The number of piperazine rings is 1. The summed E-state index contributed by atoms with van der Waals surface area (Å²) in [5.74, 6) is 1.17. The maximum atomic E-state index is 13.5. The van der Waals surface area contributed by atoms with Gasteiger partial charge < -0.3 is 9.64 Å². The predicted octanol–water partition coefficient (Wildman–Crippen LogP) is 4.33. The molecule has 0 radical (unpaired) electrons. The summed E-state index contributed by atoms with van der Waals surface area (Å²) in [5, 5.41) is 1.13. The second kappa shape index (κ2) is 11.0. The van der Waals surface area contributed by atoms with Crippen molar-refractivity contribution in [1.29, 1.82) is 0 Å². The van der Waals surface area contributed by atoms with Crippen molar-refractivity contribution in [3.8, 4) is 0 Å². The molecule has 1 atom stereocenters. The largest absolute Gasteiger partial charge is 0.468 e. The fourth-order valence-electron chi connectivity index (χ4n) is 4.66. The van der Waals surface area contributed by atoms with Gasteiger partial charge in [0.2, 0.25) is 0 Å². The van der Waals surface area contributed by atoms with Crippen molar-refractivity contribution in [3.05, 3.63) is 51.9 Å². The minimum atomic E-state index is -0.559. The maximum Gasteiger partial charge on any atom is 0.327 e. The predicted molar refractivity (Wildman–Crippen MR) is 138 cm³/mol. The van der Waals surface area contributed by atoms with Crippen molar-refractivity contribution in [1.82, 2.24) is 19.8 Å². The number of anilines is 1. The number of carbonyl (C=O) groups is 1. The quantitative estimate of drug-likeness (QED) is 0.428. The van der Waals surface area contributed by atoms with Gasteiger partial charge in [-0.25, -0.2) is 19.2 Å². The standard InChI is InChI=1S/C26H34FN5O2S/c1-6-30(7-2)16-21-28-24(22-17(3)18(4)35-25(22)29-21)32-14-12-31(13-15-32)23(26(33)34-5)19-8-10-20(27)11-9-19/h8-11,23H,6-7,12-16H2,1-5H3. The van der Waals surface area contributed by atoms with Crippen molar-refractivity contribution in [3.63, 3.8) is 0 Å². The average Bonchev–Trinajstić information content (AvgIpc) is 3.16. The van der Waals surface area contributed by atoms with Gasteiger partial charge in [0.25, 0.3) is 0 Å². The van der Waals surface area contributed by atoms with Gasteiger partial charge in [-0.2, -0.15) is 0 Å². The molecule has 0 N–H and O–H groups in total. The average molecular weight is 500 g/mol.